The molecule has 1 fully saturated rings. The molecule has 1 saturated heterocycles. The Kier molecular flexibility index (Phi) is 5.59. The molecule has 0 spiro atoms. The van der Waals surface area contributed by atoms with E-state index in [1.807, 2.05) is 11.8 Å². The second-order valence-electron chi connectivity index (χ2n) is 3.34. The summed E-state index contributed by atoms with van der Waals surface area (Å²) in [7, 11) is -3.13. The van der Waals surface area contributed by atoms with E-state index in [1.165, 1.54) is 12.8 Å². The highest BCUT2D eigenvalue weighted by Crippen LogP contribution is 2.24. The van der Waals surface area contributed by atoms with Gasteiger partial charge in [-0.1, -0.05) is 6.42 Å². The Morgan fingerprint density at radius 3 is 2.79 bits per heavy atom. The third-order valence-electron chi connectivity index (χ3n) is 2.15. The van der Waals surface area contributed by atoms with Gasteiger partial charge < -0.3 is 0 Å². The zero-order valence-electron chi connectivity index (χ0n) is 8.04. The van der Waals surface area contributed by atoms with Crippen LogP contribution in [0.2, 0.25) is 0 Å². The number of halogens is 1. The highest BCUT2D eigenvalue weighted by molar-refractivity contribution is 8.00. The first-order valence-corrected chi connectivity index (χ1v) is 8.02. The van der Waals surface area contributed by atoms with Crippen LogP contribution >= 0.6 is 23.4 Å². The number of alkyl halides is 1. The normalized spacial score (nSPS) is 23.6. The van der Waals surface area contributed by atoms with Crippen LogP contribution in [0.3, 0.4) is 0 Å². The molecule has 14 heavy (non-hydrogen) atoms. The van der Waals surface area contributed by atoms with Gasteiger partial charge in [-0.25, -0.2) is 13.1 Å². The molecule has 3 nitrogen and oxygen atoms in total. The van der Waals surface area contributed by atoms with E-state index in [-0.39, 0.29) is 11.6 Å². The molecule has 1 heterocycles. The van der Waals surface area contributed by atoms with E-state index in [9.17, 15) is 8.42 Å². The molecule has 0 aromatic carbocycles. The maximum atomic E-state index is 11.3. The van der Waals surface area contributed by atoms with Crippen molar-refractivity contribution in [2.75, 3.05) is 23.9 Å². The predicted octanol–water partition coefficient (Wildman–Crippen LogP) is 1.43. The van der Waals surface area contributed by atoms with Crippen LogP contribution in [0, 0.1) is 0 Å². The standard InChI is InChI=1S/C8H16ClNO2S2/c9-4-6-14(11,12)10-7-8-3-1-2-5-13-8/h8,10H,1-7H2. The van der Waals surface area contributed by atoms with Gasteiger partial charge in [0.2, 0.25) is 10.0 Å². The summed E-state index contributed by atoms with van der Waals surface area (Å²) in [6.45, 7) is 0.559. The molecule has 1 aliphatic rings. The minimum Gasteiger partial charge on any atom is -0.214 e. The summed E-state index contributed by atoms with van der Waals surface area (Å²) in [6, 6.07) is 0. The molecule has 1 atom stereocenters. The van der Waals surface area contributed by atoms with Crippen LogP contribution < -0.4 is 4.72 Å². The van der Waals surface area contributed by atoms with Gasteiger partial charge in [-0.3, -0.25) is 0 Å². The summed E-state index contributed by atoms with van der Waals surface area (Å²) in [4.78, 5) is 0. The number of thioether (sulfide) groups is 1. The minimum absolute atomic E-state index is 0.0198. The molecule has 1 rings (SSSR count). The van der Waals surface area contributed by atoms with Crippen molar-refractivity contribution in [2.24, 2.45) is 0 Å². The van der Waals surface area contributed by atoms with Gasteiger partial charge in [-0.15, -0.1) is 11.6 Å². The van der Waals surface area contributed by atoms with Crippen molar-refractivity contribution >= 4 is 33.4 Å². The van der Waals surface area contributed by atoms with Crippen LogP contribution in [0.15, 0.2) is 0 Å². The Morgan fingerprint density at radius 2 is 2.21 bits per heavy atom. The zero-order chi connectivity index (χ0) is 10.4. The molecule has 0 aliphatic carbocycles. The van der Waals surface area contributed by atoms with Crippen molar-refractivity contribution in [3.8, 4) is 0 Å². The average molecular weight is 258 g/mol. The summed E-state index contributed by atoms with van der Waals surface area (Å²) in [5, 5.41) is 0.453. The quantitative estimate of drug-likeness (QED) is 0.758. The summed E-state index contributed by atoms with van der Waals surface area (Å²) in [6.07, 6.45) is 3.60. The third-order valence-corrected chi connectivity index (χ3v) is 5.31. The Balaban J connectivity index is 2.24. The van der Waals surface area contributed by atoms with Gasteiger partial charge >= 0.3 is 0 Å². The average Bonchev–Trinajstić information content (AvgIpc) is 2.17. The number of hydrogen-bond donors (Lipinski definition) is 1. The van der Waals surface area contributed by atoms with Gasteiger partial charge in [0.25, 0.3) is 0 Å². The molecule has 1 aliphatic heterocycles. The Labute approximate surface area is 95.0 Å². The molecule has 0 aromatic rings. The largest absolute Gasteiger partial charge is 0.214 e. The van der Waals surface area contributed by atoms with Crippen LogP contribution in [-0.2, 0) is 10.0 Å². The summed E-state index contributed by atoms with van der Waals surface area (Å²) in [5.74, 6) is 1.33. The predicted molar refractivity (Wildman–Crippen MR) is 62.6 cm³/mol. The number of hydrogen-bond acceptors (Lipinski definition) is 3. The maximum absolute atomic E-state index is 11.3. The molecule has 0 amide bonds. The van der Waals surface area contributed by atoms with Crippen LogP contribution in [0.1, 0.15) is 19.3 Å². The molecular weight excluding hydrogens is 242 g/mol. The van der Waals surface area contributed by atoms with Crippen molar-refractivity contribution in [3.63, 3.8) is 0 Å². The van der Waals surface area contributed by atoms with Gasteiger partial charge in [0.1, 0.15) is 0 Å². The molecule has 0 radical (unpaired) electrons. The van der Waals surface area contributed by atoms with Gasteiger partial charge in [0.15, 0.2) is 0 Å². The number of sulfonamides is 1. The monoisotopic (exact) mass is 257 g/mol. The molecule has 0 bridgehead atoms. The second-order valence-corrected chi connectivity index (χ2v) is 7.06. The zero-order valence-corrected chi connectivity index (χ0v) is 10.4. The Hall–Kier alpha value is 0.550. The Morgan fingerprint density at radius 1 is 1.43 bits per heavy atom. The topological polar surface area (TPSA) is 46.2 Å². The van der Waals surface area contributed by atoms with Gasteiger partial charge in [-0.05, 0) is 18.6 Å². The van der Waals surface area contributed by atoms with Crippen LogP contribution in [0.4, 0.5) is 0 Å². The van der Waals surface area contributed by atoms with Crippen LogP contribution in [0.25, 0.3) is 0 Å². The van der Waals surface area contributed by atoms with E-state index in [2.05, 4.69) is 4.72 Å². The highest BCUT2D eigenvalue weighted by Gasteiger charge is 2.16. The van der Waals surface area contributed by atoms with Crippen molar-refractivity contribution in [1.29, 1.82) is 0 Å². The lowest BCUT2D eigenvalue weighted by atomic mass is 10.2. The molecule has 84 valence electrons. The molecule has 0 saturated carbocycles. The van der Waals surface area contributed by atoms with E-state index in [0.29, 0.717) is 11.8 Å². The van der Waals surface area contributed by atoms with Crippen molar-refractivity contribution in [2.45, 2.75) is 24.5 Å². The second kappa shape index (κ2) is 6.20. The number of nitrogens with one attached hydrogen (secondary N) is 1. The van der Waals surface area contributed by atoms with Crippen molar-refractivity contribution in [3.05, 3.63) is 0 Å². The fourth-order valence-corrected chi connectivity index (χ4v) is 4.12. The molecular formula is C8H16ClNO2S2. The lowest BCUT2D eigenvalue weighted by Crippen LogP contribution is -2.33. The van der Waals surface area contributed by atoms with E-state index < -0.39 is 10.0 Å². The fraction of sp³-hybridized carbons (Fsp3) is 1.00. The molecule has 0 aromatic heterocycles. The summed E-state index contributed by atoms with van der Waals surface area (Å²) >= 11 is 7.25. The van der Waals surface area contributed by atoms with Gasteiger partial charge in [0.05, 0.1) is 5.75 Å². The van der Waals surface area contributed by atoms with E-state index in [0.717, 1.165) is 12.2 Å². The summed E-state index contributed by atoms with van der Waals surface area (Å²) in [5.41, 5.74) is 0. The first-order chi connectivity index (χ1) is 6.64. The molecule has 1 unspecified atom stereocenters. The smallest absolute Gasteiger partial charge is 0.212 e. The van der Waals surface area contributed by atoms with E-state index >= 15 is 0 Å². The van der Waals surface area contributed by atoms with Crippen LogP contribution in [-0.4, -0.2) is 37.6 Å². The van der Waals surface area contributed by atoms with Crippen molar-refractivity contribution in [1.82, 2.24) is 4.72 Å². The molecule has 6 heteroatoms. The van der Waals surface area contributed by atoms with Gasteiger partial charge in [0, 0.05) is 17.7 Å². The fourth-order valence-electron chi connectivity index (χ4n) is 1.36. The lowest BCUT2D eigenvalue weighted by Gasteiger charge is -2.21. The first kappa shape index (κ1) is 12.6. The minimum atomic E-state index is -3.13. The summed E-state index contributed by atoms with van der Waals surface area (Å²) < 4.78 is 25.1. The van der Waals surface area contributed by atoms with E-state index in [1.54, 1.807) is 0 Å². The maximum Gasteiger partial charge on any atom is 0.212 e. The molecule has 1 N–H and O–H groups in total. The Bertz CT molecular complexity index is 250. The van der Waals surface area contributed by atoms with Gasteiger partial charge in [-0.2, -0.15) is 11.8 Å². The first-order valence-electron chi connectivity index (χ1n) is 4.79. The van der Waals surface area contributed by atoms with E-state index in [4.69, 9.17) is 11.6 Å². The third kappa shape index (κ3) is 4.87. The lowest BCUT2D eigenvalue weighted by molar-refractivity contribution is 0.575. The highest BCUT2D eigenvalue weighted by atomic mass is 35.5. The SMILES string of the molecule is O=S(=O)(CCCl)NCC1CCCCS1. The van der Waals surface area contributed by atoms with Crippen molar-refractivity contribution < 1.29 is 8.42 Å². The number of rotatable bonds is 5. The van der Waals surface area contributed by atoms with Crippen LogP contribution in [0.5, 0.6) is 0 Å².